The normalized spacial score (nSPS) is 31.3. The van der Waals surface area contributed by atoms with Crippen LogP contribution >= 0.6 is 0 Å². The van der Waals surface area contributed by atoms with Crippen LogP contribution < -0.4 is 10.1 Å². The molecule has 1 aromatic carbocycles. The molecule has 1 aromatic rings. The van der Waals surface area contributed by atoms with Crippen LogP contribution in [-0.4, -0.2) is 37.6 Å². The third-order valence-electron chi connectivity index (χ3n) is 6.93. The lowest BCUT2D eigenvalue weighted by Gasteiger charge is -2.56. The first-order chi connectivity index (χ1) is 13.0. The zero-order chi connectivity index (χ0) is 18.9. The maximum atomic E-state index is 12.5. The van der Waals surface area contributed by atoms with E-state index in [1.807, 2.05) is 26.1 Å². The first-order valence-electron chi connectivity index (χ1n) is 10.7. The minimum Gasteiger partial charge on any atom is -0.494 e. The quantitative estimate of drug-likeness (QED) is 0.756. The highest BCUT2D eigenvalue weighted by atomic mass is 16.5. The lowest BCUT2D eigenvalue weighted by atomic mass is 9.49. The molecule has 0 saturated heterocycles. The third-order valence-corrected chi connectivity index (χ3v) is 6.93. The number of hydrogen-bond acceptors (Lipinski definition) is 3. The van der Waals surface area contributed by atoms with Crippen LogP contribution in [0.15, 0.2) is 24.3 Å². The van der Waals surface area contributed by atoms with Gasteiger partial charge in [-0.15, -0.1) is 0 Å². The maximum Gasteiger partial charge on any atom is 0.234 e. The lowest BCUT2D eigenvalue weighted by Crippen LogP contribution is -2.51. The Morgan fingerprint density at radius 3 is 2.26 bits per heavy atom. The number of ether oxygens (including phenoxy) is 1. The van der Waals surface area contributed by atoms with Gasteiger partial charge in [0, 0.05) is 13.1 Å². The van der Waals surface area contributed by atoms with Gasteiger partial charge in [-0.05, 0) is 93.4 Å². The van der Waals surface area contributed by atoms with Crippen molar-refractivity contribution in [1.82, 2.24) is 10.2 Å². The van der Waals surface area contributed by atoms with Crippen molar-refractivity contribution in [2.75, 3.05) is 26.7 Å². The van der Waals surface area contributed by atoms with Crippen molar-refractivity contribution < 1.29 is 9.53 Å². The van der Waals surface area contributed by atoms with Crippen molar-refractivity contribution in [3.63, 3.8) is 0 Å². The Balaban J connectivity index is 1.23. The summed E-state index contributed by atoms with van der Waals surface area (Å²) in [6.07, 6.45) is 8.41. The Morgan fingerprint density at radius 1 is 1.11 bits per heavy atom. The second-order valence-electron chi connectivity index (χ2n) is 9.44. The Hall–Kier alpha value is -1.55. The largest absolute Gasteiger partial charge is 0.494 e. The van der Waals surface area contributed by atoms with Crippen LogP contribution in [0.3, 0.4) is 0 Å². The molecule has 148 valence electrons. The molecule has 1 amide bonds. The monoisotopic (exact) mass is 370 g/mol. The predicted octanol–water partition coefficient (Wildman–Crippen LogP) is 3.85. The predicted molar refractivity (Wildman–Crippen MR) is 108 cm³/mol. The average Bonchev–Trinajstić information content (AvgIpc) is 2.61. The van der Waals surface area contributed by atoms with E-state index in [1.165, 1.54) is 44.1 Å². The summed E-state index contributed by atoms with van der Waals surface area (Å²) in [5.74, 6) is 3.89. The van der Waals surface area contributed by atoms with Gasteiger partial charge in [-0.25, -0.2) is 0 Å². The van der Waals surface area contributed by atoms with Crippen LogP contribution in [0.4, 0.5) is 0 Å². The Kier molecular flexibility index (Phi) is 5.45. The van der Waals surface area contributed by atoms with Crippen molar-refractivity contribution >= 4 is 5.91 Å². The molecule has 4 fully saturated rings. The van der Waals surface area contributed by atoms with Crippen molar-refractivity contribution in [1.29, 1.82) is 0 Å². The van der Waals surface area contributed by atoms with Crippen molar-refractivity contribution in [2.24, 2.45) is 23.2 Å². The smallest absolute Gasteiger partial charge is 0.234 e. The molecule has 0 aliphatic heterocycles. The Labute approximate surface area is 163 Å². The molecule has 0 radical (unpaired) electrons. The topological polar surface area (TPSA) is 41.6 Å². The number of nitrogens with one attached hydrogen (secondary N) is 1. The zero-order valence-electron chi connectivity index (χ0n) is 16.9. The number of carbonyl (C=O) groups excluding carboxylic acids is 1. The van der Waals surface area contributed by atoms with Gasteiger partial charge < -0.3 is 10.1 Å². The molecular weight excluding hydrogens is 336 g/mol. The van der Waals surface area contributed by atoms with Gasteiger partial charge in [0.05, 0.1) is 13.2 Å². The molecule has 5 rings (SSSR count). The lowest BCUT2D eigenvalue weighted by molar-refractivity contribution is -0.124. The molecular formula is C23H34N2O2. The van der Waals surface area contributed by atoms with Gasteiger partial charge in [0.15, 0.2) is 0 Å². The van der Waals surface area contributed by atoms with Gasteiger partial charge >= 0.3 is 0 Å². The highest BCUT2D eigenvalue weighted by molar-refractivity contribution is 5.78. The summed E-state index contributed by atoms with van der Waals surface area (Å²) in [6, 6.07) is 8.16. The molecule has 0 unspecified atom stereocenters. The van der Waals surface area contributed by atoms with Gasteiger partial charge in [0.1, 0.15) is 5.75 Å². The van der Waals surface area contributed by atoms with Crippen molar-refractivity contribution in [3.8, 4) is 5.75 Å². The summed E-state index contributed by atoms with van der Waals surface area (Å²) < 4.78 is 5.49. The van der Waals surface area contributed by atoms with E-state index in [9.17, 15) is 4.79 Å². The van der Waals surface area contributed by atoms with E-state index in [0.717, 1.165) is 36.6 Å². The average molecular weight is 371 g/mol. The number of nitrogens with zero attached hydrogens (tertiary/aromatic N) is 1. The standard InChI is InChI=1S/C23H34N2O2/c1-3-27-21-6-4-17(5-7-21)14-25(2)15-22(26)24-16-23-11-18-8-19(12-23)10-20(9-18)13-23/h4-7,18-20H,3,8-16H2,1-2H3,(H,24,26). The fourth-order valence-corrected chi connectivity index (χ4v) is 6.32. The molecule has 4 saturated carbocycles. The van der Waals surface area contributed by atoms with Crippen LogP contribution in [0.5, 0.6) is 5.75 Å². The second-order valence-corrected chi connectivity index (χ2v) is 9.44. The molecule has 0 aromatic heterocycles. The zero-order valence-corrected chi connectivity index (χ0v) is 16.9. The number of likely N-dealkylation sites (N-methyl/N-ethyl adjacent to an activating group) is 1. The molecule has 1 N–H and O–H groups in total. The van der Waals surface area contributed by atoms with E-state index >= 15 is 0 Å². The number of rotatable bonds is 8. The fourth-order valence-electron chi connectivity index (χ4n) is 6.32. The van der Waals surface area contributed by atoms with Gasteiger partial charge in [0.2, 0.25) is 5.91 Å². The van der Waals surface area contributed by atoms with Crippen LogP contribution in [0.1, 0.15) is 51.0 Å². The Bertz CT molecular complexity index is 620. The SMILES string of the molecule is CCOc1ccc(CN(C)CC(=O)NCC23CC4CC(CC(C4)C2)C3)cc1. The van der Waals surface area contributed by atoms with E-state index in [4.69, 9.17) is 4.74 Å². The van der Waals surface area contributed by atoms with Gasteiger partial charge in [-0.3, -0.25) is 9.69 Å². The molecule has 0 spiro atoms. The first kappa shape index (κ1) is 18.8. The van der Waals surface area contributed by atoms with E-state index in [2.05, 4.69) is 22.3 Å². The van der Waals surface area contributed by atoms with Crippen molar-refractivity contribution in [2.45, 2.75) is 52.0 Å². The van der Waals surface area contributed by atoms with Crippen LogP contribution in [-0.2, 0) is 11.3 Å². The van der Waals surface area contributed by atoms with E-state index in [1.54, 1.807) is 0 Å². The van der Waals surface area contributed by atoms with Gasteiger partial charge in [-0.1, -0.05) is 12.1 Å². The van der Waals surface area contributed by atoms with E-state index in [-0.39, 0.29) is 5.91 Å². The summed E-state index contributed by atoms with van der Waals surface area (Å²) >= 11 is 0. The summed E-state index contributed by atoms with van der Waals surface area (Å²) in [6.45, 7) is 4.80. The minimum atomic E-state index is 0.166. The second kappa shape index (κ2) is 7.83. The van der Waals surface area contributed by atoms with Crippen LogP contribution in [0.2, 0.25) is 0 Å². The number of amides is 1. The third kappa shape index (κ3) is 4.48. The maximum absolute atomic E-state index is 12.5. The summed E-state index contributed by atoms with van der Waals surface area (Å²) in [5, 5.41) is 3.28. The number of carbonyl (C=O) groups is 1. The summed E-state index contributed by atoms with van der Waals surface area (Å²) in [5.41, 5.74) is 1.62. The summed E-state index contributed by atoms with van der Waals surface area (Å²) in [4.78, 5) is 14.6. The first-order valence-corrected chi connectivity index (χ1v) is 10.7. The van der Waals surface area contributed by atoms with E-state index in [0.29, 0.717) is 18.6 Å². The molecule has 4 nitrogen and oxygen atoms in total. The van der Waals surface area contributed by atoms with Crippen molar-refractivity contribution in [3.05, 3.63) is 29.8 Å². The van der Waals surface area contributed by atoms with Crippen LogP contribution in [0.25, 0.3) is 0 Å². The Morgan fingerprint density at radius 2 is 1.70 bits per heavy atom. The molecule has 27 heavy (non-hydrogen) atoms. The molecule has 0 atom stereocenters. The summed E-state index contributed by atoms with van der Waals surface area (Å²) in [7, 11) is 2.01. The van der Waals surface area contributed by atoms with Crippen LogP contribution in [0, 0.1) is 23.2 Å². The molecule has 4 bridgehead atoms. The molecule has 4 aliphatic carbocycles. The van der Waals surface area contributed by atoms with E-state index < -0.39 is 0 Å². The van der Waals surface area contributed by atoms with Gasteiger partial charge in [0.25, 0.3) is 0 Å². The van der Waals surface area contributed by atoms with Gasteiger partial charge in [-0.2, -0.15) is 0 Å². The number of benzene rings is 1. The fraction of sp³-hybridized carbons (Fsp3) is 0.696. The molecule has 4 aliphatic rings. The molecule has 0 heterocycles. The highest BCUT2D eigenvalue weighted by Crippen LogP contribution is 2.59. The number of hydrogen-bond donors (Lipinski definition) is 1. The highest BCUT2D eigenvalue weighted by Gasteiger charge is 2.50. The minimum absolute atomic E-state index is 0.166. The molecule has 4 heteroatoms.